The predicted octanol–water partition coefficient (Wildman–Crippen LogP) is 4.38. The molecule has 1 saturated heterocycles. The zero-order chi connectivity index (χ0) is 23.2. The summed E-state index contributed by atoms with van der Waals surface area (Å²) in [5.41, 5.74) is 1.88. The Kier molecular flexibility index (Phi) is 7.67. The molecule has 0 amide bonds. The quantitative estimate of drug-likeness (QED) is 0.466. The van der Waals surface area contributed by atoms with Gasteiger partial charge in [0.05, 0.1) is 26.7 Å². The van der Waals surface area contributed by atoms with Crippen molar-refractivity contribution < 1.29 is 19.0 Å². The Bertz CT molecular complexity index is 1080. The molecule has 1 aliphatic rings. The van der Waals surface area contributed by atoms with Gasteiger partial charge in [-0.3, -0.25) is 4.79 Å². The number of hydrogen-bond donors (Lipinski definition) is 1. The van der Waals surface area contributed by atoms with E-state index in [1.54, 1.807) is 25.6 Å². The highest BCUT2D eigenvalue weighted by Crippen LogP contribution is 2.36. The number of rotatable bonds is 9. The number of methoxy groups -OCH3 is 2. The first kappa shape index (κ1) is 23.3. The van der Waals surface area contributed by atoms with Crippen LogP contribution in [-0.2, 0) is 22.6 Å². The molecule has 7 nitrogen and oxygen atoms in total. The van der Waals surface area contributed by atoms with Crippen LogP contribution in [0.2, 0.25) is 0 Å². The second-order valence-electron chi connectivity index (χ2n) is 8.03. The maximum absolute atomic E-state index is 12.2. The number of esters is 1. The van der Waals surface area contributed by atoms with Crippen molar-refractivity contribution in [2.45, 2.75) is 32.9 Å². The van der Waals surface area contributed by atoms with E-state index in [0.717, 1.165) is 60.5 Å². The largest absolute Gasteiger partial charge is 0.496 e. The van der Waals surface area contributed by atoms with E-state index >= 15 is 0 Å². The molecule has 33 heavy (non-hydrogen) atoms. The molecule has 1 N–H and O–H groups in total. The first-order valence-corrected chi connectivity index (χ1v) is 12.2. The van der Waals surface area contributed by atoms with Gasteiger partial charge in [-0.2, -0.15) is 0 Å². The highest BCUT2D eigenvalue weighted by atomic mass is 32.1. The van der Waals surface area contributed by atoms with Crippen molar-refractivity contribution in [3.8, 4) is 11.5 Å². The Labute approximate surface area is 198 Å². The molecule has 1 aliphatic heterocycles. The number of aromatic nitrogens is 1. The van der Waals surface area contributed by atoms with E-state index < -0.39 is 0 Å². The molecule has 0 unspecified atom stereocenters. The summed E-state index contributed by atoms with van der Waals surface area (Å²) in [4.78, 5) is 20.8. The van der Waals surface area contributed by atoms with Gasteiger partial charge in [0.15, 0.2) is 0 Å². The molecule has 3 aromatic rings. The van der Waals surface area contributed by atoms with E-state index in [-0.39, 0.29) is 11.9 Å². The minimum atomic E-state index is -0.0899. The Morgan fingerprint density at radius 1 is 1.15 bits per heavy atom. The van der Waals surface area contributed by atoms with Gasteiger partial charge in [-0.15, -0.1) is 11.3 Å². The topological polar surface area (TPSA) is 72.9 Å². The third-order valence-corrected chi connectivity index (χ3v) is 6.89. The van der Waals surface area contributed by atoms with Crippen molar-refractivity contribution in [1.82, 2.24) is 10.3 Å². The van der Waals surface area contributed by atoms with Gasteiger partial charge in [-0.05, 0) is 49.4 Å². The maximum Gasteiger partial charge on any atom is 0.309 e. The number of ether oxygens (including phenoxy) is 3. The highest BCUT2D eigenvalue weighted by Gasteiger charge is 2.28. The fourth-order valence-electron chi connectivity index (χ4n) is 4.31. The summed E-state index contributed by atoms with van der Waals surface area (Å²) in [7, 11) is 3.33. The van der Waals surface area contributed by atoms with E-state index in [4.69, 9.17) is 19.2 Å². The van der Waals surface area contributed by atoms with Crippen molar-refractivity contribution in [2.75, 3.05) is 38.8 Å². The maximum atomic E-state index is 12.2. The van der Waals surface area contributed by atoms with Crippen molar-refractivity contribution >= 4 is 34.0 Å². The summed E-state index contributed by atoms with van der Waals surface area (Å²) in [5, 5.41) is 6.57. The molecule has 3 heterocycles. The fraction of sp³-hybridized carbons (Fsp3) is 0.440. The number of nitrogens with one attached hydrogen (secondary N) is 1. The van der Waals surface area contributed by atoms with Crippen LogP contribution >= 0.6 is 11.3 Å². The molecule has 0 atom stereocenters. The summed E-state index contributed by atoms with van der Waals surface area (Å²) >= 11 is 1.74. The lowest BCUT2D eigenvalue weighted by atomic mass is 9.96. The van der Waals surface area contributed by atoms with Gasteiger partial charge in [0.25, 0.3) is 0 Å². The van der Waals surface area contributed by atoms with E-state index in [2.05, 4.69) is 33.8 Å². The summed E-state index contributed by atoms with van der Waals surface area (Å²) in [5.74, 6) is 2.27. The van der Waals surface area contributed by atoms with Crippen molar-refractivity contribution in [3.05, 3.63) is 46.2 Å². The van der Waals surface area contributed by atoms with Crippen molar-refractivity contribution in [1.29, 1.82) is 0 Å². The Morgan fingerprint density at radius 2 is 1.91 bits per heavy atom. The Balaban J connectivity index is 1.64. The third kappa shape index (κ3) is 5.23. The van der Waals surface area contributed by atoms with Crippen molar-refractivity contribution in [3.63, 3.8) is 0 Å². The van der Waals surface area contributed by atoms with Gasteiger partial charge in [0.1, 0.15) is 22.8 Å². The van der Waals surface area contributed by atoms with Gasteiger partial charge in [0, 0.05) is 42.0 Å². The number of benzene rings is 1. The summed E-state index contributed by atoms with van der Waals surface area (Å²) in [6.45, 7) is 5.26. The summed E-state index contributed by atoms with van der Waals surface area (Å²) < 4.78 is 16.5. The fourth-order valence-corrected chi connectivity index (χ4v) is 4.98. The Morgan fingerprint density at radius 3 is 2.58 bits per heavy atom. The number of hydrogen-bond acceptors (Lipinski definition) is 8. The molecular formula is C25H31N3O4S. The van der Waals surface area contributed by atoms with Crippen LogP contribution in [0.5, 0.6) is 11.5 Å². The Hall–Kier alpha value is -2.84. The van der Waals surface area contributed by atoms with E-state index in [1.165, 1.54) is 4.88 Å². The van der Waals surface area contributed by atoms with Gasteiger partial charge in [-0.1, -0.05) is 6.07 Å². The van der Waals surface area contributed by atoms with E-state index in [0.29, 0.717) is 18.9 Å². The lowest BCUT2D eigenvalue weighted by molar-refractivity contribution is -0.148. The lowest BCUT2D eigenvalue weighted by Crippen LogP contribution is -2.38. The van der Waals surface area contributed by atoms with Crippen LogP contribution in [0.1, 0.15) is 30.2 Å². The normalized spacial score (nSPS) is 14.5. The number of thiophene rings is 1. The molecule has 0 aliphatic carbocycles. The molecule has 2 aromatic heterocycles. The van der Waals surface area contributed by atoms with Gasteiger partial charge >= 0.3 is 5.97 Å². The molecule has 4 rings (SSSR count). The smallest absolute Gasteiger partial charge is 0.309 e. The predicted molar refractivity (Wildman–Crippen MR) is 131 cm³/mol. The highest BCUT2D eigenvalue weighted by molar-refractivity contribution is 7.09. The van der Waals surface area contributed by atoms with Crippen LogP contribution in [0.15, 0.2) is 35.7 Å². The molecule has 0 spiro atoms. The number of anilines is 1. The van der Waals surface area contributed by atoms with Crippen molar-refractivity contribution in [2.24, 2.45) is 5.92 Å². The number of nitrogens with zero attached hydrogens (tertiary/aromatic N) is 2. The number of carbonyl (C=O) groups excluding carboxylic acids is 1. The van der Waals surface area contributed by atoms with Crippen LogP contribution in [-0.4, -0.2) is 44.9 Å². The molecule has 0 radical (unpaired) electrons. The molecule has 8 heteroatoms. The summed E-state index contributed by atoms with van der Waals surface area (Å²) in [6, 6.07) is 10.1. The standard InChI is InChI=1S/C25H31N3O4S/c1-4-32-25(29)17-9-11-28(12-10-17)24-18(15-26-16-19-6-5-13-33-19)14-20-21(30-2)7-8-22(31-3)23(20)27-24/h5-8,13-14,17,26H,4,9-12,15-16H2,1-3H3. The zero-order valence-electron chi connectivity index (χ0n) is 19.4. The van der Waals surface area contributed by atoms with Crippen LogP contribution in [0.4, 0.5) is 5.82 Å². The average Bonchev–Trinajstić information content (AvgIpc) is 3.37. The molecule has 0 saturated carbocycles. The average molecular weight is 470 g/mol. The third-order valence-electron chi connectivity index (χ3n) is 6.01. The number of pyridine rings is 1. The SMILES string of the molecule is CCOC(=O)C1CCN(c2nc3c(OC)ccc(OC)c3cc2CNCc2cccs2)CC1. The van der Waals surface area contributed by atoms with Crippen LogP contribution < -0.4 is 19.7 Å². The second kappa shape index (κ2) is 10.9. The van der Waals surface area contributed by atoms with Gasteiger partial charge in [0.2, 0.25) is 0 Å². The number of piperidine rings is 1. The number of carbonyl (C=O) groups is 1. The first-order chi connectivity index (χ1) is 16.1. The van der Waals surface area contributed by atoms with Crippen LogP contribution in [0.25, 0.3) is 10.9 Å². The monoisotopic (exact) mass is 469 g/mol. The minimum Gasteiger partial charge on any atom is -0.496 e. The van der Waals surface area contributed by atoms with E-state index in [1.807, 2.05) is 19.1 Å². The van der Waals surface area contributed by atoms with Crippen LogP contribution in [0, 0.1) is 5.92 Å². The number of fused-ring (bicyclic) bond motifs is 1. The molecule has 0 bridgehead atoms. The minimum absolute atomic E-state index is 0.0447. The van der Waals surface area contributed by atoms with Gasteiger partial charge in [-0.25, -0.2) is 4.98 Å². The van der Waals surface area contributed by atoms with Crippen LogP contribution in [0.3, 0.4) is 0 Å². The van der Waals surface area contributed by atoms with Gasteiger partial charge < -0.3 is 24.4 Å². The molecule has 1 aromatic carbocycles. The summed E-state index contributed by atoms with van der Waals surface area (Å²) in [6.07, 6.45) is 1.52. The van der Waals surface area contributed by atoms with E-state index in [9.17, 15) is 4.79 Å². The molecular weight excluding hydrogens is 438 g/mol. The molecule has 1 fully saturated rings. The second-order valence-corrected chi connectivity index (χ2v) is 9.07. The molecule has 176 valence electrons. The first-order valence-electron chi connectivity index (χ1n) is 11.3. The zero-order valence-corrected chi connectivity index (χ0v) is 20.2. The lowest BCUT2D eigenvalue weighted by Gasteiger charge is -2.33.